The van der Waals surface area contributed by atoms with E-state index < -0.39 is 36.2 Å². The number of nitrogens with one attached hydrogen (secondary N) is 2. The normalized spacial score (nSPS) is 12.3. The zero-order valence-corrected chi connectivity index (χ0v) is 12.7. The third kappa shape index (κ3) is 5.01. The van der Waals surface area contributed by atoms with E-state index in [1.165, 1.54) is 30.6 Å². The number of nitrogens with zero attached hydrogens (tertiary/aromatic N) is 1. The molecule has 0 saturated carbocycles. The van der Waals surface area contributed by atoms with Crippen LogP contribution < -0.4 is 10.6 Å². The van der Waals surface area contributed by atoms with Gasteiger partial charge >= 0.3 is 6.18 Å². The molecule has 0 radical (unpaired) electrons. The Labute approximate surface area is 140 Å². The number of hydrogen-bond acceptors (Lipinski definition) is 4. The Morgan fingerprint density at radius 1 is 1.16 bits per heavy atom. The fraction of sp³-hybridized carbons (Fsp3) is 0.188. The first-order valence-corrected chi connectivity index (χ1v) is 7.11. The summed E-state index contributed by atoms with van der Waals surface area (Å²) in [6.45, 7) is -0.721. The molecule has 25 heavy (non-hydrogen) atoms. The lowest BCUT2D eigenvalue weighted by molar-refractivity contribution is -0.137. The van der Waals surface area contributed by atoms with Crippen LogP contribution in [0.15, 0.2) is 48.8 Å². The largest absolute Gasteiger partial charge is 0.416 e. The number of aliphatic hydroxyl groups excluding tert-OH is 1. The van der Waals surface area contributed by atoms with E-state index >= 15 is 0 Å². The van der Waals surface area contributed by atoms with Crippen molar-refractivity contribution in [2.75, 3.05) is 11.9 Å². The van der Waals surface area contributed by atoms with Crippen LogP contribution in [-0.4, -0.2) is 34.6 Å². The molecule has 0 spiro atoms. The van der Waals surface area contributed by atoms with Crippen molar-refractivity contribution < 1.29 is 27.9 Å². The maximum absolute atomic E-state index is 12.7. The minimum absolute atomic E-state index is 0.101. The molecule has 1 atom stereocenters. The summed E-state index contributed by atoms with van der Waals surface area (Å²) < 4.78 is 38.0. The molecule has 2 amide bonds. The van der Waals surface area contributed by atoms with Crippen molar-refractivity contribution in [3.63, 3.8) is 0 Å². The maximum Gasteiger partial charge on any atom is 0.416 e. The van der Waals surface area contributed by atoms with Crippen LogP contribution >= 0.6 is 0 Å². The van der Waals surface area contributed by atoms with E-state index in [1.807, 2.05) is 0 Å². The van der Waals surface area contributed by atoms with Gasteiger partial charge in [-0.05, 0) is 30.3 Å². The van der Waals surface area contributed by atoms with E-state index in [1.54, 1.807) is 0 Å². The minimum atomic E-state index is -4.55. The van der Waals surface area contributed by atoms with E-state index in [-0.39, 0.29) is 11.3 Å². The van der Waals surface area contributed by atoms with E-state index in [4.69, 9.17) is 0 Å². The van der Waals surface area contributed by atoms with E-state index in [0.29, 0.717) is 0 Å². The molecular formula is C16H14F3N3O3. The molecule has 0 unspecified atom stereocenters. The molecule has 2 rings (SSSR count). The van der Waals surface area contributed by atoms with Gasteiger partial charge in [-0.25, -0.2) is 0 Å². The first-order valence-electron chi connectivity index (χ1n) is 7.11. The highest BCUT2D eigenvalue weighted by atomic mass is 19.4. The predicted octanol–water partition coefficient (Wildman–Crippen LogP) is 1.83. The van der Waals surface area contributed by atoms with Gasteiger partial charge in [-0.1, -0.05) is 6.07 Å². The smallest absolute Gasteiger partial charge is 0.394 e. The molecule has 6 nitrogen and oxygen atoms in total. The zero-order valence-electron chi connectivity index (χ0n) is 12.7. The maximum atomic E-state index is 12.7. The Morgan fingerprint density at radius 3 is 2.44 bits per heavy atom. The van der Waals surface area contributed by atoms with Crippen LogP contribution in [-0.2, 0) is 11.0 Å². The molecule has 0 aliphatic heterocycles. The number of halogens is 3. The summed E-state index contributed by atoms with van der Waals surface area (Å²) in [5.41, 5.74) is -0.802. The SMILES string of the molecule is O=C(N[C@@H](CO)C(=O)Nc1cccc(C(F)(F)F)c1)c1ccncc1. The Morgan fingerprint density at radius 2 is 1.84 bits per heavy atom. The Hall–Kier alpha value is -2.94. The number of anilines is 1. The number of aliphatic hydroxyl groups is 1. The first kappa shape index (κ1) is 18.4. The number of amides is 2. The molecule has 0 fully saturated rings. The number of benzene rings is 1. The van der Waals surface area contributed by atoms with Crippen LogP contribution in [0, 0.1) is 0 Å². The van der Waals surface area contributed by atoms with Crippen LogP contribution in [0.4, 0.5) is 18.9 Å². The monoisotopic (exact) mass is 353 g/mol. The van der Waals surface area contributed by atoms with Crippen molar-refractivity contribution in [2.45, 2.75) is 12.2 Å². The molecular weight excluding hydrogens is 339 g/mol. The van der Waals surface area contributed by atoms with Gasteiger partial charge in [-0.3, -0.25) is 14.6 Å². The lowest BCUT2D eigenvalue weighted by atomic mass is 10.2. The van der Waals surface area contributed by atoms with Gasteiger partial charge in [0.15, 0.2) is 0 Å². The second-order valence-electron chi connectivity index (χ2n) is 5.01. The van der Waals surface area contributed by atoms with Crippen molar-refractivity contribution in [3.05, 3.63) is 59.9 Å². The minimum Gasteiger partial charge on any atom is -0.394 e. The molecule has 1 heterocycles. The van der Waals surface area contributed by atoms with Gasteiger partial charge in [-0.2, -0.15) is 13.2 Å². The molecule has 1 aromatic carbocycles. The van der Waals surface area contributed by atoms with Crippen molar-refractivity contribution >= 4 is 17.5 Å². The van der Waals surface area contributed by atoms with E-state index in [0.717, 1.165) is 18.2 Å². The summed E-state index contributed by atoms with van der Waals surface area (Å²) >= 11 is 0. The second kappa shape index (κ2) is 7.75. The van der Waals surface area contributed by atoms with Crippen molar-refractivity contribution in [2.24, 2.45) is 0 Å². The Balaban J connectivity index is 2.06. The number of carbonyl (C=O) groups excluding carboxylic acids is 2. The van der Waals surface area contributed by atoms with Crippen LogP contribution in [0.5, 0.6) is 0 Å². The lowest BCUT2D eigenvalue weighted by Gasteiger charge is -2.17. The van der Waals surface area contributed by atoms with Crippen LogP contribution in [0.2, 0.25) is 0 Å². The third-order valence-electron chi connectivity index (χ3n) is 3.20. The van der Waals surface area contributed by atoms with Crippen molar-refractivity contribution in [1.29, 1.82) is 0 Å². The highest BCUT2D eigenvalue weighted by molar-refractivity contribution is 6.01. The molecule has 0 aliphatic carbocycles. The standard InChI is InChI=1S/C16H14F3N3O3/c17-16(18,19)11-2-1-3-12(8-11)21-15(25)13(9-23)22-14(24)10-4-6-20-7-5-10/h1-8,13,23H,9H2,(H,21,25)(H,22,24)/t13-/m0/s1. The van der Waals surface area contributed by atoms with E-state index in [2.05, 4.69) is 15.6 Å². The molecule has 9 heteroatoms. The third-order valence-corrected chi connectivity index (χ3v) is 3.20. The second-order valence-corrected chi connectivity index (χ2v) is 5.01. The summed E-state index contributed by atoms with van der Waals surface area (Å²) in [4.78, 5) is 27.8. The van der Waals surface area contributed by atoms with Gasteiger partial charge in [0, 0.05) is 23.6 Å². The highest BCUT2D eigenvalue weighted by Gasteiger charge is 2.30. The number of aromatic nitrogens is 1. The molecule has 0 bridgehead atoms. The fourth-order valence-electron chi connectivity index (χ4n) is 1.94. The van der Waals surface area contributed by atoms with Gasteiger partial charge in [0.05, 0.1) is 12.2 Å². The average molecular weight is 353 g/mol. The van der Waals surface area contributed by atoms with Crippen LogP contribution in [0.25, 0.3) is 0 Å². The number of pyridine rings is 1. The Kier molecular flexibility index (Phi) is 5.71. The predicted molar refractivity (Wildman–Crippen MR) is 82.7 cm³/mol. The summed E-state index contributed by atoms with van der Waals surface area (Å²) in [7, 11) is 0. The summed E-state index contributed by atoms with van der Waals surface area (Å²) in [6, 6.07) is 5.54. The number of alkyl halides is 3. The summed E-state index contributed by atoms with van der Waals surface area (Å²) in [5.74, 6) is -1.47. The topological polar surface area (TPSA) is 91.3 Å². The van der Waals surface area contributed by atoms with Gasteiger partial charge in [0.2, 0.25) is 5.91 Å². The number of hydrogen-bond donors (Lipinski definition) is 3. The fourth-order valence-corrected chi connectivity index (χ4v) is 1.94. The molecule has 0 saturated heterocycles. The van der Waals surface area contributed by atoms with Gasteiger partial charge in [0.25, 0.3) is 5.91 Å². The first-order chi connectivity index (χ1) is 11.8. The number of carbonyl (C=O) groups is 2. The lowest BCUT2D eigenvalue weighted by Crippen LogP contribution is -2.46. The van der Waals surface area contributed by atoms with Gasteiger partial charge in [0.1, 0.15) is 6.04 Å². The quantitative estimate of drug-likeness (QED) is 0.765. The van der Waals surface area contributed by atoms with Crippen LogP contribution in [0.3, 0.4) is 0 Å². The average Bonchev–Trinajstić information content (AvgIpc) is 2.59. The summed E-state index contributed by atoms with van der Waals surface area (Å²) in [6.07, 6.45) is -1.79. The zero-order chi connectivity index (χ0) is 18.4. The molecule has 132 valence electrons. The summed E-state index contributed by atoms with van der Waals surface area (Å²) in [5, 5.41) is 13.8. The molecule has 1 aromatic heterocycles. The Bertz CT molecular complexity index is 751. The molecule has 2 aromatic rings. The van der Waals surface area contributed by atoms with Gasteiger partial charge < -0.3 is 15.7 Å². The van der Waals surface area contributed by atoms with Gasteiger partial charge in [-0.15, -0.1) is 0 Å². The highest BCUT2D eigenvalue weighted by Crippen LogP contribution is 2.30. The van der Waals surface area contributed by atoms with Crippen molar-refractivity contribution in [1.82, 2.24) is 10.3 Å². The molecule has 3 N–H and O–H groups in total. The molecule has 0 aliphatic rings. The van der Waals surface area contributed by atoms with Crippen molar-refractivity contribution in [3.8, 4) is 0 Å². The van der Waals surface area contributed by atoms with E-state index in [9.17, 15) is 27.9 Å². The number of rotatable bonds is 5. The van der Waals surface area contributed by atoms with Crippen LogP contribution in [0.1, 0.15) is 15.9 Å².